The first-order valence-electron chi connectivity index (χ1n) is 7.63. The molecule has 1 atom stereocenters. The molecule has 1 aromatic carbocycles. The minimum Gasteiger partial charge on any atom is -0.465 e. The van der Waals surface area contributed by atoms with Gasteiger partial charge in [-0.2, -0.15) is 0 Å². The van der Waals surface area contributed by atoms with Crippen molar-refractivity contribution < 1.29 is 14.6 Å². The van der Waals surface area contributed by atoms with E-state index in [1.165, 1.54) is 37.7 Å². The Kier molecular flexibility index (Phi) is 5.60. The molecule has 0 bridgehead atoms. The van der Waals surface area contributed by atoms with Crippen LogP contribution >= 0.6 is 0 Å². The minimum absolute atomic E-state index is 0.207. The van der Waals surface area contributed by atoms with Gasteiger partial charge in [0.1, 0.15) is 5.92 Å². The number of esters is 1. The molecule has 1 fully saturated rings. The number of ether oxygens (including phenoxy) is 1. The number of aliphatic hydroxyl groups excluding tert-OH is 1. The fraction of sp³-hybridized carbons (Fsp3) is 0.588. The van der Waals surface area contributed by atoms with Gasteiger partial charge in [-0.1, -0.05) is 43.5 Å². The lowest BCUT2D eigenvalue weighted by Gasteiger charge is -2.22. The van der Waals surface area contributed by atoms with Gasteiger partial charge in [-0.15, -0.1) is 0 Å². The van der Waals surface area contributed by atoms with Gasteiger partial charge in [0.15, 0.2) is 0 Å². The zero-order valence-corrected chi connectivity index (χ0v) is 12.2. The Hall–Kier alpha value is -1.35. The number of carbonyl (C=O) groups excluding carboxylic acids is 1. The second kappa shape index (κ2) is 7.44. The zero-order chi connectivity index (χ0) is 14.4. The Morgan fingerprint density at radius 2 is 1.90 bits per heavy atom. The smallest absolute Gasteiger partial charge is 0.315 e. The van der Waals surface area contributed by atoms with E-state index in [9.17, 15) is 9.90 Å². The molecule has 20 heavy (non-hydrogen) atoms. The van der Waals surface area contributed by atoms with Gasteiger partial charge in [0.2, 0.25) is 0 Å². The SMILES string of the molecule is CCOC(=O)C(CO)c1ccc(C2CCCCC2)cc1. The van der Waals surface area contributed by atoms with Crippen LogP contribution in [0.15, 0.2) is 24.3 Å². The van der Waals surface area contributed by atoms with Crippen molar-refractivity contribution in [3.63, 3.8) is 0 Å². The summed E-state index contributed by atoms with van der Waals surface area (Å²) < 4.78 is 5.00. The highest BCUT2D eigenvalue weighted by molar-refractivity contribution is 5.78. The van der Waals surface area contributed by atoms with Gasteiger partial charge in [-0.25, -0.2) is 0 Å². The summed E-state index contributed by atoms with van der Waals surface area (Å²) in [5.74, 6) is -0.247. The molecule has 0 aromatic heterocycles. The van der Waals surface area contributed by atoms with Crippen LogP contribution in [0.25, 0.3) is 0 Å². The first-order valence-corrected chi connectivity index (χ1v) is 7.63. The summed E-state index contributed by atoms with van der Waals surface area (Å²) in [6, 6.07) is 8.13. The maximum atomic E-state index is 11.8. The maximum Gasteiger partial charge on any atom is 0.315 e. The topological polar surface area (TPSA) is 46.5 Å². The van der Waals surface area contributed by atoms with E-state index in [0.717, 1.165) is 5.56 Å². The van der Waals surface area contributed by atoms with Crippen molar-refractivity contribution in [1.82, 2.24) is 0 Å². The standard InChI is InChI=1S/C17H24O3/c1-2-20-17(19)16(12-18)15-10-8-14(9-11-15)13-6-4-3-5-7-13/h8-11,13,16,18H,2-7,12H2,1H3. The molecule has 0 radical (unpaired) electrons. The summed E-state index contributed by atoms with van der Waals surface area (Å²) in [6.45, 7) is 1.91. The van der Waals surface area contributed by atoms with Crippen LogP contribution in [0.1, 0.15) is 62.0 Å². The average Bonchev–Trinajstić information content (AvgIpc) is 2.50. The number of benzene rings is 1. The molecular weight excluding hydrogens is 252 g/mol. The van der Waals surface area contributed by atoms with Crippen LogP contribution in [0.4, 0.5) is 0 Å². The Bertz CT molecular complexity index is 418. The number of rotatable bonds is 5. The Balaban J connectivity index is 2.07. The highest BCUT2D eigenvalue weighted by Gasteiger charge is 2.22. The highest BCUT2D eigenvalue weighted by atomic mass is 16.5. The van der Waals surface area contributed by atoms with Crippen LogP contribution in [0.5, 0.6) is 0 Å². The molecule has 0 saturated heterocycles. The lowest BCUT2D eigenvalue weighted by atomic mass is 9.83. The highest BCUT2D eigenvalue weighted by Crippen LogP contribution is 2.33. The van der Waals surface area contributed by atoms with E-state index in [2.05, 4.69) is 12.1 Å². The fourth-order valence-corrected chi connectivity index (χ4v) is 3.00. The molecule has 110 valence electrons. The molecule has 2 rings (SSSR count). The lowest BCUT2D eigenvalue weighted by Crippen LogP contribution is -2.19. The fourth-order valence-electron chi connectivity index (χ4n) is 3.00. The molecule has 1 unspecified atom stereocenters. The summed E-state index contributed by atoms with van der Waals surface area (Å²) in [5, 5.41) is 9.39. The normalized spacial score (nSPS) is 17.7. The van der Waals surface area contributed by atoms with Gasteiger partial charge in [0.25, 0.3) is 0 Å². The molecule has 3 nitrogen and oxygen atoms in total. The predicted octanol–water partition coefficient (Wildman–Crippen LogP) is 3.37. The Labute approximate surface area is 121 Å². The van der Waals surface area contributed by atoms with E-state index >= 15 is 0 Å². The first-order chi connectivity index (χ1) is 9.76. The van der Waals surface area contributed by atoms with Gasteiger partial charge >= 0.3 is 5.97 Å². The van der Waals surface area contributed by atoms with Crippen molar-refractivity contribution in [3.8, 4) is 0 Å². The van der Waals surface area contributed by atoms with Crippen LogP contribution in [0, 0.1) is 0 Å². The summed E-state index contributed by atoms with van der Waals surface area (Å²) in [5.41, 5.74) is 2.19. The van der Waals surface area contributed by atoms with Crippen LogP contribution in [0.3, 0.4) is 0 Å². The second-order valence-electron chi connectivity index (χ2n) is 5.49. The number of aliphatic hydroxyl groups is 1. The number of hydrogen-bond acceptors (Lipinski definition) is 3. The van der Waals surface area contributed by atoms with Crippen molar-refractivity contribution >= 4 is 5.97 Å². The van der Waals surface area contributed by atoms with Crippen molar-refractivity contribution in [2.45, 2.75) is 50.9 Å². The van der Waals surface area contributed by atoms with Crippen LogP contribution < -0.4 is 0 Å². The molecular formula is C17H24O3. The van der Waals surface area contributed by atoms with E-state index in [-0.39, 0.29) is 12.6 Å². The predicted molar refractivity (Wildman–Crippen MR) is 78.7 cm³/mol. The maximum absolute atomic E-state index is 11.8. The van der Waals surface area contributed by atoms with Crippen molar-refractivity contribution in [1.29, 1.82) is 0 Å². The molecule has 1 aliphatic carbocycles. The third-order valence-electron chi connectivity index (χ3n) is 4.17. The molecule has 1 saturated carbocycles. The van der Waals surface area contributed by atoms with Crippen molar-refractivity contribution in [3.05, 3.63) is 35.4 Å². The Morgan fingerprint density at radius 3 is 2.45 bits per heavy atom. The summed E-state index contributed by atoms with van der Waals surface area (Å²) in [4.78, 5) is 11.8. The largest absolute Gasteiger partial charge is 0.465 e. The average molecular weight is 276 g/mol. The van der Waals surface area contributed by atoms with E-state index in [1.54, 1.807) is 6.92 Å². The summed E-state index contributed by atoms with van der Waals surface area (Å²) in [7, 11) is 0. The van der Waals surface area contributed by atoms with E-state index in [4.69, 9.17) is 4.74 Å². The molecule has 1 aliphatic rings. The van der Waals surface area contributed by atoms with E-state index in [1.807, 2.05) is 12.1 Å². The van der Waals surface area contributed by atoms with Crippen molar-refractivity contribution in [2.75, 3.05) is 13.2 Å². The second-order valence-corrected chi connectivity index (χ2v) is 5.49. The summed E-state index contributed by atoms with van der Waals surface area (Å²) >= 11 is 0. The summed E-state index contributed by atoms with van der Waals surface area (Å²) in [6.07, 6.45) is 6.51. The molecule has 0 spiro atoms. The molecule has 3 heteroatoms. The quantitative estimate of drug-likeness (QED) is 0.839. The third-order valence-corrected chi connectivity index (χ3v) is 4.17. The van der Waals surface area contributed by atoms with Gasteiger partial charge in [-0.3, -0.25) is 4.79 Å². The zero-order valence-electron chi connectivity index (χ0n) is 12.2. The Morgan fingerprint density at radius 1 is 1.25 bits per heavy atom. The monoisotopic (exact) mass is 276 g/mol. The van der Waals surface area contributed by atoms with Gasteiger partial charge in [0, 0.05) is 0 Å². The molecule has 1 N–H and O–H groups in total. The lowest BCUT2D eigenvalue weighted by molar-refractivity contribution is -0.145. The first kappa shape index (κ1) is 15.0. The number of hydrogen-bond donors (Lipinski definition) is 1. The van der Waals surface area contributed by atoms with Crippen molar-refractivity contribution in [2.24, 2.45) is 0 Å². The molecule has 1 aromatic rings. The van der Waals surface area contributed by atoms with Crippen LogP contribution in [0.2, 0.25) is 0 Å². The van der Waals surface area contributed by atoms with Gasteiger partial charge in [0.05, 0.1) is 13.2 Å². The third kappa shape index (κ3) is 3.60. The number of carbonyl (C=O) groups is 1. The minimum atomic E-state index is -0.560. The molecule has 0 amide bonds. The van der Waals surface area contributed by atoms with E-state index in [0.29, 0.717) is 12.5 Å². The van der Waals surface area contributed by atoms with Gasteiger partial charge in [-0.05, 0) is 36.8 Å². The van der Waals surface area contributed by atoms with Crippen LogP contribution in [-0.4, -0.2) is 24.3 Å². The van der Waals surface area contributed by atoms with Crippen LogP contribution in [-0.2, 0) is 9.53 Å². The molecule has 0 aliphatic heterocycles. The van der Waals surface area contributed by atoms with E-state index < -0.39 is 5.92 Å². The van der Waals surface area contributed by atoms with Gasteiger partial charge < -0.3 is 9.84 Å². The molecule has 0 heterocycles.